The number of nitrogens with zero attached hydrogens (tertiary/aromatic N) is 5. The quantitative estimate of drug-likeness (QED) is 0.123. The Labute approximate surface area is 402 Å². The fourth-order valence-electron chi connectivity index (χ4n) is 9.52. The zero-order valence-electron chi connectivity index (χ0n) is 40.1. The number of ether oxygens (including phenoxy) is 1. The number of benzene rings is 7. The predicted molar refractivity (Wildman–Crippen MR) is 284 cm³/mol. The molecule has 0 atom stereocenters. The average molecular weight is 905 g/mol. The van der Waals surface area contributed by atoms with Crippen molar-refractivity contribution < 1.29 is 9.30 Å². The Morgan fingerprint density at radius 2 is 1.32 bits per heavy atom. The first-order chi connectivity index (χ1) is 32.5. The summed E-state index contributed by atoms with van der Waals surface area (Å²) in [6, 6.07) is 53.9. The number of pyridine rings is 1. The van der Waals surface area contributed by atoms with Crippen LogP contribution < -0.4 is 9.30 Å². The summed E-state index contributed by atoms with van der Waals surface area (Å²) in [5.41, 5.74) is 12.7. The van der Waals surface area contributed by atoms with Crippen LogP contribution in [0.5, 0.6) is 11.5 Å². The SMILES string of the molecule is [C-]#[N+]c1ccc(-c2cc(Oc3ccc4c5sc6ccc7ccccc7c6c5n(-c5cc(C(C)(C)C)ccn5)c4c3)cc(-n3c[n+](-c4cc(C(C)(C)C)cc(C(C)(C)C)c4)c4ccccc43)c2)cc1. The van der Waals surface area contributed by atoms with Gasteiger partial charge in [-0.05, 0) is 122 Å². The molecule has 7 heteroatoms. The van der Waals surface area contributed by atoms with Gasteiger partial charge in [0.2, 0.25) is 0 Å². The van der Waals surface area contributed by atoms with Gasteiger partial charge >= 0.3 is 0 Å². The Kier molecular flexibility index (Phi) is 10.0. The van der Waals surface area contributed by atoms with Gasteiger partial charge in [-0.15, -0.1) is 11.3 Å². The topological polar surface area (TPSA) is 40.2 Å². The third-order valence-corrected chi connectivity index (χ3v) is 14.5. The molecule has 0 aliphatic rings. The van der Waals surface area contributed by atoms with Crippen molar-refractivity contribution in [2.45, 2.75) is 78.6 Å². The molecule has 6 nitrogen and oxygen atoms in total. The Morgan fingerprint density at radius 1 is 0.603 bits per heavy atom. The lowest BCUT2D eigenvalue weighted by Crippen LogP contribution is -2.31. The molecule has 0 saturated carbocycles. The number of fused-ring (bicyclic) bond motifs is 8. The summed E-state index contributed by atoms with van der Waals surface area (Å²) in [6.07, 6.45) is 4.15. The summed E-state index contributed by atoms with van der Waals surface area (Å²) in [7, 11) is 0. The molecule has 0 bridgehead atoms. The first-order valence-corrected chi connectivity index (χ1v) is 24.2. The molecule has 4 aromatic heterocycles. The summed E-state index contributed by atoms with van der Waals surface area (Å²) in [6.45, 7) is 28.1. The highest BCUT2D eigenvalue weighted by Crippen LogP contribution is 2.46. The van der Waals surface area contributed by atoms with E-state index in [9.17, 15) is 0 Å². The first-order valence-electron chi connectivity index (χ1n) is 23.4. The third-order valence-electron chi connectivity index (χ3n) is 13.4. The van der Waals surface area contributed by atoms with Crippen molar-refractivity contribution in [2.75, 3.05) is 0 Å². The highest BCUT2D eigenvalue weighted by atomic mass is 32.1. The lowest BCUT2D eigenvalue weighted by molar-refractivity contribution is -0.567. The summed E-state index contributed by atoms with van der Waals surface area (Å²) in [5, 5.41) is 4.84. The van der Waals surface area contributed by atoms with Crippen LogP contribution in [0.15, 0.2) is 164 Å². The zero-order valence-corrected chi connectivity index (χ0v) is 41.0. The molecule has 0 fully saturated rings. The van der Waals surface area contributed by atoms with Gasteiger partial charge in [-0.2, -0.15) is 9.13 Å². The monoisotopic (exact) mass is 904 g/mol. The van der Waals surface area contributed by atoms with Gasteiger partial charge in [0.05, 0.1) is 22.3 Å². The molecule has 11 rings (SSSR count). The van der Waals surface area contributed by atoms with Crippen molar-refractivity contribution in [2.24, 2.45) is 0 Å². The van der Waals surface area contributed by atoms with Crippen LogP contribution in [0.1, 0.15) is 79.0 Å². The molecule has 68 heavy (non-hydrogen) atoms. The second-order valence-electron chi connectivity index (χ2n) is 21.2. The average Bonchev–Trinajstić information content (AvgIpc) is 4.00. The van der Waals surface area contributed by atoms with E-state index in [1.54, 1.807) is 0 Å². The van der Waals surface area contributed by atoms with Crippen molar-refractivity contribution in [3.63, 3.8) is 0 Å². The van der Waals surface area contributed by atoms with Crippen LogP contribution >= 0.6 is 11.3 Å². The molecule has 0 unspecified atom stereocenters. The van der Waals surface area contributed by atoms with Crippen LogP contribution in [0, 0.1) is 6.57 Å². The van der Waals surface area contributed by atoms with Crippen molar-refractivity contribution in [3.8, 4) is 39.8 Å². The van der Waals surface area contributed by atoms with E-state index in [0.29, 0.717) is 11.4 Å². The van der Waals surface area contributed by atoms with E-state index in [1.165, 1.54) is 42.2 Å². The first kappa shape index (κ1) is 43.1. The van der Waals surface area contributed by atoms with Gasteiger partial charge in [-0.25, -0.2) is 9.83 Å². The second kappa shape index (κ2) is 15.8. The van der Waals surface area contributed by atoms with Gasteiger partial charge in [-0.3, -0.25) is 4.57 Å². The molecule has 0 N–H and O–H groups in total. The maximum Gasteiger partial charge on any atom is 0.255 e. The van der Waals surface area contributed by atoms with Gasteiger partial charge in [0.25, 0.3) is 6.33 Å². The number of aromatic nitrogens is 4. The van der Waals surface area contributed by atoms with Crippen LogP contribution in [0.4, 0.5) is 5.69 Å². The van der Waals surface area contributed by atoms with E-state index in [-0.39, 0.29) is 16.2 Å². The van der Waals surface area contributed by atoms with E-state index in [2.05, 4.69) is 215 Å². The molecule has 4 heterocycles. The highest BCUT2D eigenvalue weighted by Gasteiger charge is 2.27. The number of thiophene rings is 1. The fraction of sp³-hybridized carbons (Fsp3) is 0.197. The van der Waals surface area contributed by atoms with Crippen LogP contribution in [-0.4, -0.2) is 14.1 Å². The minimum atomic E-state index is -0.0629. The van der Waals surface area contributed by atoms with Crippen LogP contribution in [0.25, 0.3) is 86.2 Å². The lowest BCUT2D eigenvalue weighted by Gasteiger charge is -2.25. The number of para-hydroxylation sites is 2. The Balaban J connectivity index is 1.11. The largest absolute Gasteiger partial charge is 0.457 e. The summed E-state index contributed by atoms with van der Waals surface area (Å²) in [4.78, 5) is 8.74. The normalized spacial score (nSPS) is 12.5. The molecular formula is C61H54N5OS+. The summed E-state index contributed by atoms with van der Waals surface area (Å²) >= 11 is 1.83. The van der Waals surface area contributed by atoms with Crippen LogP contribution in [0.2, 0.25) is 0 Å². The minimum absolute atomic E-state index is 0.0340. The van der Waals surface area contributed by atoms with Crippen molar-refractivity contribution in [1.82, 2.24) is 14.1 Å². The lowest BCUT2D eigenvalue weighted by atomic mass is 9.80. The predicted octanol–water partition coefficient (Wildman–Crippen LogP) is 16.7. The minimum Gasteiger partial charge on any atom is -0.457 e. The molecule has 0 spiro atoms. The van der Waals surface area contributed by atoms with Gasteiger partial charge in [0.1, 0.15) is 28.7 Å². The van der Waals surface area contributed by atoms with Crippen molar-refractivity contribution in [1.29, 1.82) is 0 Å². The van der Waals surface area contributed by atoms with Gasteiger partial charge in [0, 0.05) is 33.8 Å². The van der Waals surface area contributed by atoms with Gasteiger partial charge < -0.3 is 4.74 Å². The molecule has 0 aliphatic carbocycles. The molecular weight excluding hydrogens is 851 g/mol. The number of rotatable bonds is 6. The van der Waals surface area contributed by atoms with Crippen LogP contribution in [-0.2, 0) is 16.2 Å². The fourth-order valence-corrected chi connectivity index (χ4v) is 10.8. The zero-order chi connectivity index (χ0) is 47.3. The maximum atomic E-state index is 7.63. The molecule has 0 radical (unpaired) electrons. The number of hydrogen-bond acceptors (Lipinski definition) is 3. The molecule has 11 aromatic rings. The summed E-state index contributed by atoms with van der Waals surface area (Å²) in [5.74, 6) is 2.30. The van der Waals surface area contributed by atoms with Crippen molar-refractivity contribution >= 4 is 70.0 Å². The van der Waals surface area contributed by atoms with E-state index >= 15 is 0 Å². The Bertz CT molecular complexity index is 3810. The maximum absolute atomic E-state index is 7.63. The van der Waals surface area contributed by atoms with Crippen molar-refractivity contribution in [3.05, 3.63) is 192 Å². The van der Waals surface area contributed by atoms with E-state index < -0.39 is 0 Å². The molecule has 7 aromatic carbocycles. The van der Waals surface area contributed by atoms with E-state index in [0.717, 1.165) is 61.5 Å². The number of hydrogen-bond donors (Lipinski definition) is 0. The molecule has 0 aliphatic heterocycles. The summed E-state index contributed by atoms with van der Waals surface area (Å²) < 4.78 is 16.5. The van der Waals surface area contributed by atoms with Crippen LogP contribution in [0.3, 0.4) is 0 Å². The smallest absolute Gasteiger partial charge is 0.255 e. The van der Waals surface area contributed by atoms with Gasteiger partial charge in [0.15, 0.2) is 16.7 Å². The second-order valence-corrected chi connectivity index (χ2v) is 22.2. The molecule has 0 saturated heterocycles. The molecule has 334 valence electrons. The Morgan fingerprint density at radius 3 is 2.06 bits per heavy atom. The van der Waals surface area contributed by atoms with Gasteiger partial charge in [-0.1, -0.05) is 135 Å². The number of imidazole rings is 1. The standard InChI is InChI=1S/C61H54N5OS/c1-59(2,3)41-27-28-63-55(34-41)66-53-36-47(24-25-50(53)58-57(66)56-49-16-12-11-15-39(49)21-26-54(56)68-58)67-48-30-40(38-19-22-44(62-10)23-20-38)29-45(35-48)64-37-65(52-18-14-13-17-51(52)64)46-32-42(60(4,5)6)31-43(33-46)61(7,8)9/h11-37H,1-9H3/q+1. The Hall–Kier alpha value is -7.53. The van der Waals surface area contributed by atoms with E-state index in [4.69, 9.17) is 16.3 Å². The third kappa shape index (κ3) is 7.50. The molecule has 0 amide bonds. The highest BCUT2D eigenvalue weighted by molar-refractivity contribution is 7.27. The van der Waals surface area contributed by atoms with E-state index in [1.807, 2.05) is 41.8 Å².